The van der Waals surface area contributed by atoms with Crippen molar-refractivity contribution in [3.05, 3.63) is 40.3 Å². The van der Waals surface area contributed by atoms with Crippen LogP contribution in [0, 0.1) is 12.1 Å². The van der Waals surface area contributed by atoms with Gasteiger partial charge in [-0.05, 0) is 64.7 Å². The van der Waals surface area contributed by atoms with E-state index in [9.17, 15) is 9.18 Å². The van der Waals surface area contributed by atoms with Crippen molar-refractivity contribution in [2.45, 2.75) is 52.6 Å². The number of ether oxygens (including phenoxy) is 1. The van der Waals surface area contributed by atoms with Crippen LogP contribution in [-0.2, 0) is 4.74 Å². The van der Waals surface area contributed by atoms with Crippen LogP contribution in [0.2, 0.25) is 0 Å². The van der Waals surface area contributed by atoms with Gasteiger partial charge < -0.3 is 15.4 Å². The third-order valence-corrected chi connectivity index (χ3v) is 4.93. The summed E-state index contributed by atoms with van der Waals surface area (Å²) in [5, 5.41) is 6.00. The molecule has 0 radical (unpaired) electrons. The van der Waals surface area contributed by atoms with E-state index in [1.165, 1.54) is 5.57 Å². The quantitative estimate of drug-likeness (QED) is 0.731. The number of aromatic nitrogens is 2. The minimum atomic E-state index is -0.560. The molecule has 2 N–H and O–H groups in total. The Balaban J connectivity index is 1.72. The summed E-state index contributed by atoms with van der Waals surface area (Å²) in [6, 6.07) is 5.43. The van der Waals surface area contributed by atoms with E-state index in [1.54, 1.807) is 6.07 Å². The van der Waals surface area contributed by atoms with Crippen LogP contribution in [0.15, 0.2) is 29.5 Å². The van der Waals surface area contributed by atoms with Gasteiger partial charge in [0, 0.05) is 11.4 Å². The summed E-state index contributed by atoms with van der Waals surface area (Å²) in [7, 11) is 0. The number of carbonyl (C=O) groups excluding carboxylic acids is 1. The lowest BCUT2D eigenvalue weighted by molar-refractivity contribution is 0.0532. The molecule has 1 aliphatic carbocycles. The van der Waals surface area contributed by atoms with Crippen LogP contribution in [0.4, 0.5) is 14.3 Å². The zero-order valence-corrected chi connectivity index (χ0v) is 17.4. The Morgan fingerprint density at radius 1 is 1.29 bits per heavy atom. The topological polar surface area (TPSA) is 76.1 Å². The van der Waals surface area contributed by atoms with E-state index in [4.69, 9.17) is 4.74 Å². The predicted molar refractivity (Wildman–Crippen MR) is 109 cm³/mol. The van der Waals surface area contributed by atoms with E-state index in [0.717, 1.165) is 42.0 Å². The van der Waals surface area contributed by atoms with Crippen LogP contribution in [-0.4, -0.2) is 28.2 Å². The number of aryl methyl sites for hydroxylation is 1. The van der Waals surface area contributed by atoms with E-state index in [2.05, 4.69) is 20.6 Å². The first-order valence-corrected chi connectivity index (χ1v) is 10.1. The molecule has 1 aliphatic rings. The molecule has 2 heterocycles. The van der Waals surface area contributed by atoms with E-state index >= 15 is 0 Å². The Hall–Kier alpha value is -2.48. The van der Waals surface area contributed by atoms with Crippen LogP contribution in [0.3, 0.4) is 0 Å². The summed E-state index contributed by atoms with van der Waals surface area (Å²) in [6.07, 6.45) is 2.54. The number of halogens is 1. The number of anilines is 1. The number of thiazole rings is 1. The molecule has 1 fully saturated rings. The third-order valence-electron chi connectivity index (χ3n) is 4.17. The van der Waals surface area contributed by atoms with E-state index in [-0.39, 0.29) is 12.2 Å². The third kappa shape index (κ3) is 5.28. The molecule has 1 saturated carbocycles. The fourth-order valence-corrected chi connectivity index (χ4v) is 3.43. The second-order valence-electron chi connectivity index (χ2n) is 7.72. The van der Waals surface area contributed by atoms with Crippen LogP contribution in [0.5, 0.6) is 0 Å². The molecule has 28 heavy (non-hydrogen) atoms. The molecule has 0 saturated heterocycles. The summed E-state index contributed by atoms with van der Waals surface area (Å²) in [6.45, 7) is 7.58. The number of hydrogen-bond donors (Lipinski definition) is 2. The fourth-order valence-electron chi connectivity index (χ4n) is 2.70. The van der Waals surface area contributed by atoms with E-state index < -0.39 is 16.8 Å². The Morgan fingerprint density at radius 3 is 2.64 bits per heavy atom. The second kappa shape index (κ2) is 8.26. The molecule has 3 rings (SSSR count). The molecule has 0 bridgehead atoms. The molecule has 0 aromatic carbocycles. The summed E-state index contributed by atoms with van der Waals surface area (Å²) in [4.78, 5) is 20.7. The molecule has 8 heteroatoms. The van der Waals surface area contributed by atoms with Crippen molar-refractivity contribution in [3.8, 4) is 11.4 Å². The van der Waals surface area contributed by atoms with Gasteiger partial charge in [-0.15, -0.1) is 0 Å². The van der Waals surface area contributed by atoms with Gasteiger partial charge in [0.05, 0.1) is 12.2 Å². The van der Waals surface area contributed by atoms with Crippen molar-refractivity contribution >= 4 is 22.6 Å². The Labute approximate surface area is 168 Å². The maximum absolute atomic E-state index is 14.4. The highest BCUT2D eigenvalue weighted by molar-refractivity contribution is 7.14. The zero-order valence-electron chi connectivity index (χ0n) is 16.6. The highest BCUT2D eigenvalue weighted by Crippen LogP contribution is 2.32. The lowest BCUT2D eigenvalue weighted by Crippen LogP contribution is -2.35. The largest absolute Gasteiger partial charge is 0.444 e. The highest BCUT2D eigenvalue weighted by Gasteiger charge is 2.21. The number of hydrogen-bond acceptors (Lipinski definition) is 6. The lowest BCUT2D eigenvalue weighted by Gasteiger charge is -2.24. The number of allylic oxidation sites excluding steroid dienone is 1. The fraction of sp³-hybridized carbons (Fsp3) is 0.450. The van der Waals surface area contributed by atoms with Crippen molar-refractivity contribution in [3.63, 3.8) is 0 Å². The Morgan fingerprint density at radius 2 is 2.04 bits per heavy atom. The van der Waals surface area contributed by atoms with Crippen molar-refractivity contribution in [1.82, 2.24) is 15.3 Å². The van der Waals surface area contributed by atoms with Crippen LogP contribution in [0.1, 0.15) is 45.7 Å². The number of carbonyl (C=O) groups is 1. The predicted octanol–water partition coefficient (Wildman–Crippen LogP) is 5.03. The van der Waals surface area contributed by atoms with Gasteiger partial charge in [0.1, 0.15) is 11.3 Å². The number of rotatable bonds is 5. The monoisotopic (exact) mass is 404 g/mol. The van der Waals surface area contributed by atoms with Crippen molar-refractivity contribution in [2.24, 2.45) is 0 Å². The summed E-state index contributed by atoms with van der Waals surface area (Å²) in [5.74, 6) is 0. The molecule has 0 spiro atoms. The maximum atomic E-state index is 14.4. The molecule has 0 unspecified atom stereocenters. The molecule has 2 aromatic rings. The van der Waals surface area contributed by atoms with Gasteiger partial charge in [0.2, 0.25) is 5.13 Å². The van der Waals surface area contributed by atoms with Gasteiger partial charge in [-0.2, -0.15) is 4.39 Å². The highest BCUT2D eigenvalue weighted by atomic mass is 32.1. The smallest absolute Gasteiger partial charge is 0.407 e. The van der Waals surface area contributed by atoms with Crippen LogP contribution >= 0.6 is 11.3 Å². The number of amides is 1. The first-order valence-electron chi connectivity index (χ1n) is 9.26. The Kier molecular flexibility index (Phi) is 5.98. The first-order chi connectivity index (χ1) is 13.2. The maximum Gasteiger partial charge on any atom is 0.407 e. The summed E-state index contributed by atoms with van der Waals surface area (Å²) in [5.41, 5.74) is 3.03. The minimum Gasteiger partial charge on any atom is -0.444 e. The standard InChI is InChI=1S/C20H25FN4O2S/c1-12-7-5-10-14(23-12)16-17(21)28-18(25-16)24-15(13-8-6-9-13)11-22-19(26)27-20(2,3)4/h5,7,10H,6,8-9,11H2,1-4H3,(H,22,26)(H,24,25). The zero-order chi connectivity index (χ0) is 20.3. The Bertz CT molecular complexity index is 896. The van der Waals surface area contributed by atoms with Crippen LogP contribution in [0.25, 0.3) is 11.4 Å². The molecule has 6 nitrogen and oxygen atoms in total. The molecular weight excluding hydrogens is 379 g/mol. The molecule has 0 atom stereocenters. The molecule has 1 amide bonds. The average molecular weight is 405 g/mol. The summed E-state index contributed by atoms with van der Waals surface area (Å²) < 4.78 is 19.7. The SMILES string of the molecule is Cc1cccc(-c2nc(NC(CNC(=O)OC(C)(C)C)=C3CCC3)sc2F)n1. The van der Waals surface area contributed by atoms with Gasteiger partial charge in [0.15, 0.2) is 5.13 Å². The molecule has 150 valence electrons. The normalized spacial score (nSPS) is 13.7. The van der Waals surface area contributed by atoms with Crippen LogP contribution < -0.4 is 10.6 Å². The van der Waals surface area contributed by atoms with Gasteiger partial charge >= 0.3 is 6.09 Å². The molecule has 0 aliphatic heterocycles. The van der Waals surface area contributed by atoms with E-state index in [1.807, 2.05) is 39.8 Å². The minimum absolute atomic E-state index is 0.231. The first kappa shape index (κ1) is 20.3. The van der Waals surface area contributed by atoms with Gasteiger partial charge in [-0.1, -0.05) is 17.4 Å². The van der Waals surface area contributed by atoms with Crippen molar-refractivity contribution in [1.29, 1.82) is 0 Å². The summed E-state index contributed by atoms with van der Waals surface area (Å²) >= 11 is 0.933. The second-order valence-corrected chi connectivity index (χ2v) is 8.67. The number of nitrogens with one attached hydrogen (secondary N) is 2. The average Bonchev–Trinajstić information content (AvgIpc) is 2.90. The lowest BCUT2D eigenvalue weighted by atomic mass is 9.90. The number of alkyl carbamates (subject to hydrolysis) is 1. The van der Waals surface area contributed by atoms with Gasteiger partial charge in [0.25, 0.3) is 0 Å². The number of nitrogens with zero attached hydrogens (tertiary/aromatic N) is 2. The molecule has 2 aromatic heterocycles. The van der Waals surface area contributed by atoms with Crippen molar-refractivity contribution < 1.29 is 13.9 Å². The van der Waals surface area contributed by atoms with Gasteiger partial charge in [-0.25, -0.2) is 9.78 Å². The number of pyridine rings is 1. The van der Waals surface area contributed by atoms with E-state index in [0.29, 0.717) is 10.8 Å². The molecular formula is C20H25FN4O2S. The van der Waals surface area contributed by atoms with Gasteiger partial charge in [-0.3, -0.25) is 4.98 Å². The van der Waals surface area contributed by atoms with Crippen molar-refractivity contribution in [2.75, 3.05) is 11.9 Å².